The summed E-state index contributed by atoms with van der Waals surface area (Å²) in [7, 11) is 1.61. The average Bonchev–Trinajstić information content (AvgIpc) is 2.24. The van der Waals surface area contributed by atoms with Crippen molar-refractivity contribution in [3.05, 3.63) is 0 Å². The van der Waals surface area contributed by atoms with E-state index < -0.39 is 0 Å². The number of carbonyl (C=O) groups is 1. The molecule has 0 spiro atoms. The number of amides is 1. The van der Waals surface area contributed by atoms with Gasteiger partial charge in [-0.05, 0) is 6.42 Å². The van der Waals surface area contributed by atoms with E-state index in [0.717, 1.165) is 6.42 Å². The van der Waals surface area contributed by atoms with E-state index in [-0.39, 0.29) is 12.5 Å². The summed E-state index contributed by atoms with van der Waals surface area (Å²) in [5.74, 6) is 0.407. The molecule has 0 heterocycles. The lowest BCUT2D eigenvalue weighted by atomic mass is 10.4. The molecule has 0 aromatic rings. The molecule has 4 nitrogen and oxygen atoms in total. The molecule has 0 radical (unpaired) electrons. The summed E-state index contributed by atoms with van der Waals surface area (Å²) >= 11 is 5.61. The third kappa shape index (κ3) is 7.59. The zero-order valence-electron chi connectivity index (χ0n) is 9.50. The first-order valence-corrected chi connectivity index (χ1v) is 5.70. The van der Waals surface area contributed by atoms with E-state index in [1.54, 1.807) is 12.0 Å². The Morgan fingerprint density at radius 3 is 2.60 bits per heavy atom. The first-order valence-electron chi connectivity index (χ1n) is 5.16. The van der Waals surface area contributed by atoms with Crippen LogP contribution < -0.4 is 0 Å². The first-order chi connectivity index (χ1) is 7.26. The first kappa shape index (κ1) is 14.7. The van der Waals surface area contributed by atoms with Crippen LogP contribution in [0.15, 0.2) is 0 Å². The van der Waals surface area contributed by atoms with Gasteiger partial charge in [0.2, 0.25) is 5.91 Å². The van der Waals surface area contributed by atoms with Crippen LogP contribution in [-0.4, -0.2) is 56.7 Å². The van der Waals surface area contributed by atoms with Gasteiger partial charge in [-0.1, -0.05) is 6.92 Å². The lowest BCUT2D eigenvalue weighted by Crippen LogP contribution is -2.38. The van der Waals surface area contributed by atoms with Gasteiger partial charge in [-0.15, -0.1) is 11.6 Å². The predicted octanol–water partition coefficient (Wildman–Crippen LogP) is 1.13. The minimum atomic E-state index is -0.0267. The molecule has 5 heteroatoms. The molecule has 0 fully saturated rings. The molecular formula is C10H20ClNO3. The number of hydrogen-bond acceptors (Lipinski definition) is 3. The van der Waals surface area contributed by atoms with Gasteiger partial charge in [0.1, 0.15) is 6.61 Å². The van der Waals surface area contributed by atoms with Crippen molar-refractivity contribution in [2.45, 2.75) is 13.3 Å². The number of halogens is 1. The monoisotopic (exact) mass is 237 g/mol. The number of ether oxygens (including phenoxy) is 2. The van der Waals surface area contributed by atoms with E-state index in [9.17, 15) is 4.79 Å². The fourth-order valence-corrected chi connectivity index (χ4v) is 1.26. The molecular weight excluding hydrogens is 218 g/mol. The van der Waals surface area contributed by atoms with Gasteiger partial charge in [0.25, 0.3) is 0 Å². The molecule has 0 atom stereocenters. The zero-order chi connectivity index (χ0) is 11.5. The third-order valence-electron chi connectivity index (χ3n) is 1.85. The summed E-state index contributed by atoms with van der Waals surface area (Å²) in [6, 6.07) is 0. The van der Waals surface area contributed by atoms with Crippen molar-refractivity contribution in [2.75, 3.05) is 45.9 Å². The SMILES string of the molecule is CCCOCC(=O)N(CCCl)CCOC. The van der Waals surface area contributed by atoms with Gasteiger partial charge in [0.15, 0.2) is 0 Å². The summed E-state index contributed by atoms with van der Waals surface area (Å²) in [6.45, 7) is 4.39. The molecule has 15 heavy (non-hydrogen) atoms. The summed E-state index contributed by atoms with van der Waals surface area (Å²) in [5, 5.41) is 0. The molecule has 90 valence electrons. The second-order valence-corrected chi connectivity index (χ2v) is 3.49. The van der Waals surface area contributed by atoms with E-state index in [2.05, 4.69) is 0 Å². The molecule has 0 bridgehead atoms. The lowest BCUT2D eigenvalue weighted by Gasteiger charge is -2.21. The fourth-order valence-electron chi connectivity index (χ4n) is 1.06. The van der Waals surface area contributed by atoms with Crippen molar-refractivity contribution in [2.24, 2.45) is 0 Å². The molecule has 0 saturated carbocycles. The van der Waals surface area contributed by atoms with Gasteiger partial charge >= 0.3 is 0 Å². The van der Waals surface area contributed by atoms with Gasteiger partial charge in [0.05, 0.1) is 6.61 Å². The molecule has 0 saturated heterocycles. The number of alkyl halides is 1. The molecule has 0 N–H and O–H groups in total. The summed E-state index contributed by atoms with van der Waals surface area (Å²) in [4.78, 5) is 13.3. The second kappa shape index (κ2) is 10.2. The number of hydrogen-bond donors (Lipinski definition) is 0. The summed E-state index contributed by atoms with van der Waals surface area (Å²) < 4.78 is 10.1. The van der Waals surface area contributed by atoms with Crippen LogP contribution in [0.3, 0.4) is 0 Å². The maximum atomic E-state index is 11.6. The van der Waals surface area contributed by atoms with Gasteiger partial charge in [-0.3, -0.25) is 4.79 Å². The Morgan fingerprint density at radius 1 is 1.33 bits per heavy atom. The predicted molar refractivity (Wildman–Crippen MR) is 60.3 cm³/mol. The van der Waals surface area contributed by atoms with Crippen LogP contribution in [-0.2, 0) is 14.3 Å². The highest BCUT2D eigenvalue weighted by Crippen LogP contribution is 1.94. The van der Waals surface area contributed by atoms with Crippen molar-refractivity contribution in [3.63, 3.8) is 0 Å². The molecule has 0 aliphatic heterocycles. The van der Waals surface area contributed by atoms with E-state index in [1.807, 2.05) is 6.92 Å². The Kier molecular flexibility index (Phi) is 9.99. The van der Waals surface area contributed by atoms with Gasteiger partial charge in [-0.25, -0.2) is 0 Å². The van der Waals surface area contributed by atoms with Crippen LogP contribution in [0.25, 0.3) is 0 Å². The molecule has 0 aromatic carbocycles. The largest absolute Gasteiger partial charge is 0.383 e. The fraction of sp³-hybridized carbons (Fsp3) is 0.900. The Hall–Kier alpha value is -0.320. The molecule has 0 unspecified atom stereocenters. The van der Waals surface area contributed by atoms with Gasteiger partial charge < -0.3 is 14.4 Å². The van der Waals surface area contributed by atoms with E-state index in [0.29, 0.717) is 32.2 Å². The van der Waals surface area contributed by atoms with Crippen LogP contribution >= 0.6 is 11.6 Å². The van der Waals surface area contributed by atoms with Crippen molar-refractivity contribution in [1.82, 2.24) is 4.90 Å². The Balaban J connectivity index is 3.81. The van der Waals surface area contributed by atoms with Crippen LogP contribution in [0.2, 0.25) is 0 Å². The summed E-state index contributed by atoms with van der Waals surface area (Å²) in [5.41, 5.74) is 0. The van der Waals surface area contributed by atoms with Crippen molar-refractivity contribution in [1.29, 1.82) is 0 Å². The number of nitrogens with zero attached hydrogens (tertiary/aromatic N) is 1. The molecule has 0 aromatic heterocycles. The van der Waals surface area contributed by atoms with Crippen LogP contribution in [0.4, 0.5) is 0 Å². The molecule has 0 aliphatic rings. The maximum Gasteiger partial charge on any atom is 0.248 e. The highest BCUT2D eigenvalue weighted by Gasteiger charge is 2.12. The quantitative estimate of drug-likeness (QED) is 0.446. The second-order valence-electron chi connectivity index (χ2n) is 3.12. The minimum Gasteiger partial charge on any atom is -0.383 e. The number of rotatable bonds is 9. The molecule has 0 rings (SSSR count). The topological polar surface area (TPSA) is 38.8 Å². The van der Waals surface area contributed by atoms with E-state index >= 15 is 0 Å². The Labute approximate surface area is 96.5 Å². The van der Waals surface area contributed by atoms with Crippen LogP contribution in [0.1, 0.15) is 13.3 Å². The minimum absolute atomic E-state index is 0.0267. The highest BCUT2D eigenvalue weighted by atomic mass is 35.5. The lowest BCUT2D eigenvalue weighted by molar-refractivity contribution is -0.136. The smallest absolute Gasteiger partial charge is 0.248 e. The maximum absolute atomic E-state index is 11.6. The average molecular weight is 238 g/mol. The Bertz CT molecular complexity index is 167. The third-order valence-corrected chi connectivity index (χ3v) is 2.02. The van der Waals surface area contributed by atoms with E-state index in [4.69, 9.17) is 21.1 Å². The van der Waals surface area contributed by atoms with E-state index in [1.165, 1.54) is 0 Å². The van der Waals surface area contributed by atoms with Crippen molar-refractivity contribution in [3.8, 4) is 0 Å². The van der Waals surface area contributed by atoms with Crippen molar-refractivity contribution >= 4 is 17.5 Å². The van der Waals surface area contributed by atoms with Crippen molar-refractivity contribution < 1.29 is 14.3 Å². The highest BCUT2D eigenvalue weighted by molar-refractivity contribution is 6.18. The standard InChI is InChI=1S/C10H20ClNO3/c1-3-7-15-9-10(13)12(5-4-11)6-8-14-2/h3-9H2,1-2H3. The molecule has 0 aliphatic carbocycles. The number of carbonyl (C=O) groups excluding carboxylic acids is 1. The van der Waals surface area contributed by atoms with Gasteiger partial charge in [0, 0.05) is 32.7 Å². The summed E-state index contributed by atoms with van der Waals surface area (Å²) in [6.07, 6.45) is 0.918. The number of methoxy groups -OCH3 is 1. The Morgan fingerprint density at radius 2 is 2.07 bits per heavy atom. The normalized spacial score (nSPS) is 10.3. The van der Waals surface area contributed by atoms with Gasteiger partial charge in [-0.2, -0.15) is 0 Å². The zero-order valence-corrected chi connectivity index (χ0v) is 10.3. The van der Waals surface area contributed by atoms with Crippen LogP contribution in [0.5, 0.6) is 0 Å². The van der Waals surface area contributed by atoms with Crippen LogP contribution in [0, 0.1) is 0 Å². The molecule has 1 amide bonds.